The number of halogens is 1. The average molecular weight is 233 g/mol. The summed E-state index contributed by atoms with van der Waals surface area (Å²) in [5.74, 6) is 0.438. The minimum absolute atomic E-state index is 0.0422. The molecule has 1 aromatic carbocycles. The van der Waals surface area contributed by atoms with E-state index in [1.165, 1.54) is 6.07 Å². The molecule has 1 heterocycles. The average Bonchev–Trinajstić information content (AvgIpc) is 2.61. The molecule has 2 rings (SSSR count). The van der Waals surface area contributed by atoms with E-state index in [9.17, 15) is 4.39 Å². The number of nitrogens with zero attached hydrogens (tertiary/aromatic N) is 2. The van der Waals surface area contributed by atoms with Gasteiger partial charge in [-0.15, -0.1) is 0 Å². The van der Waals surface area contributed by atoms with E-state index < -0.39 is 0 Å². The van der Waals surface area contributed by atoms with E-state index >= 15 is 0 Å². The Hall–Kier alpha value is -1.84. The molecule has 0 aliphatic heterocycles. The van der Waals surface area contributed by atoms with Crippen LogP contribution in [0.15, 0.2) is 30.3 Å². The van der Waals surface area contributed by atoms with Crippen LogP contribution >= 0.6 is 0 Å². The van der Waals surface area contributed by atoms with Crippen LogP contribution in [-0.2, 0) is 6.42 Å². The summed E-state index contributed by atoms with van der Waals surface area (Å²) < 4.78 is 15.2. The van der Waals surface area contributed by atoms with Gasteiger partial charge in [0.15, 0.2) is 0 Å². The zero-order chi connectivity index (χ0) is 12.4. The maximum absolute atomic E-state index is 13.5. The number of hydrogen-bond acceptors (Lipinski definition) is 2. The second kappa shape index (κ2) is 4.57. The Labute approximate surface area is 100 Å². The highest BCUT2D eigenvalue weighted by atomic mass is 19.1. The number of benzene rings is 1. The van der Waals surface area contributed by atoms with Crippen LogP contribution in [0.1, 0.15) is 24.2 Å². The molecule has 0 bridgehead atoms. The first-order valence-corrected chi connectivity index (χ1v) is 5.63. The molecule has 1 atom stereocenters. The van der Waals surface area contributed by atoms with Crippen molar-refractivity contribution in [3.05, 3.63) is 47.4 Å². The molecule has 4 heteroatoms. The quantitative estimate of drug-likeness (QED) is 0.885. The number of hydrogen-bond donors (Lipinski definition) is 1. The van der Waals surface area contributed by atoms with Crippen LogP contribution in [0.25, 0.3) is 0 Å². The summed E-state index contributed by atoms with van der Waals surface area (Å²) in [5.41, 5.74) is 7.41. The summed E-state index contributed by atoms with van der Waals surface area (Å²) in [4.78, 5) is 0. The van der Waals surface area contributed by atoms with Crippen molar-refractivity contribution in [2.24, 2.45) is 0 Å². The topological polar surface area (TPSA) is 43.8 Å². The predicted molar refractivity (Wildman–Crippen MR) is 66.2 cm³/mol. The standard InChI is InChI=1S/C13H16FN3/c1-9-7-13(15)17(16-9)10(2)8-11-5-3-4-6-12(11)14/h3-7,10H,8,15H2,1-2H3. The molecule has 0 aliphatic carbocycles. The van der Waals surface area contributed by atoms with Gasteiger partial charge < -0.3 is 5.73 Å². The highest BCUT2D eigenvalue weighted by Crippen LogP contribution is 2.19. The van der Waals surface area contributed by atoms with Crippen LogP contribution < -0.4 is 5.73 Å². The van der Waals surface area contributed by atoms with Crippen LogP contribution in [0.2, 0.25) is 0 Å². The van der Waals surface area contributed by atoms with Gasteiger partial charge in [-0.3, -0.25) is 0 Å². The summed E-state index contributed by atoms with van der Waals surface area (Å²) >= 11 is 0. The van der Waals surface area contributed by atoms with E-state index in [2.05, 4.69) is 5.10 Å². The second-order valence-corrected chi connectivity index (χ2v) is 4.30. The highest BCUT2D eigenvalue weighted by molar-refractivity contribution is 5.31. The fraction of sp³-hybridized carbons (Fsp3) is 0.308. The first kappa shape index (κ1) is 11.6. The van der Waals surface area contributed by atoms with Gasteiger partial charge in [0.2, 0.25) is 0 Å². The third-order valence-corrected chi connectivity index (χ3v) is 2.78. The predicted octanol–water partition coefficient (Wildman–Crippen LogP) is 2.72. The van der Waals surface area contributed by atoms with Crippen molar-refractivity contribution in [2.45, 2.75) is 26.3 Å². The fourth-order valence-corrected chi connectivity index (χ4v) is 1.96. The van der Waals surface area contributed by atoms with Gasteiger partial charge in [0, 0.05) is 6.07 Å². The van der Waals surface area contributed by atoms with Crippen molar-refractivity contribution in [3.8, 4) is 0 Å². The molecule has 2 N–H and O–H groups in total. The minimum atomic E-state index is -0.179. The summed E-state index contributed by atoms with van der Waals surface area (Å²) in [7, 11) is 0. The molecule has 3 nitrogen and oxygen atoms in total. The second-order valence-electron chi connectivity index (χ2n) is 4.30. The number of nitrogen functional groups attached to an aromatic ring is 1. The monoisotopic (exact) mass is 233 g/mol. The molecular weight excluding hydrogens is 217 g/mol. The Morgan fingerprint density at radius 2 is 2.12 bits per heavy atom. The molecule has 1 aromatic heterocycles. The Morgan fingerprint density at radius 1 is 1.41 bits per heavy atom. The van der Waals surface area contributed by atoms with E-state index in [0.29, 0.717) is 17.8 Å². The lowest BCUT2D eigenvalue weighted by atomic mass is 10.1. The number of rotatable bonds is 3. The largest absolute Gasteiger partial charge is 0.384 e. The molecule has 0 saturated carbocycles. The molecule has 0 radical (unpaired) electrons. The van der Waals surface area contributed by atoms with Crippen LogP contribution in [0, 0.1) is 12.7 Å². The Bertz CT molecular complexity index is 519. The smallest absolute Gasteiger partial charge is 0.126 e. The van der Waals surface area contributed by atoms with Gasteiger partial charge in [-0.05, 0) is 31.9 Å². The normalized spacial score (nSPS) is 12.6. The summed E-state index contributed by atoms with van der Waals surface area (Å²) in [6, 6.07) is 8.65. The Balaban J connectivity index is 2.20. The van der Waals surface area contributed by atoms with Crippen molar-refractivity contribution in [2.75, 3.05) is 5.73 Å². The third-order valence-electron chi connectivity index (χ3n) is 2.78. The van der Waals surface area contributed by atoms with Crippen molar-refractivity contribution >= 4 is 5.82 Å². The van der Waals surface area contributed by atoms with Crippen molar-refractivity contribution < 1.29 is 4.39 Å². The molecule has 17 heavy (non-hydrogen) atoms. The highest BCUT2D eigenvalue weighted by Gasteiger charge is 2.12. The van der Waals surface area contributed by atoms with E-state index in [-0.39, 0.29) is 11.9 Å². The van der Waals surface area contributed by atoms with Crippen molar-refractivity contribution in [1.29, 1.82) is 0 Å². The van der Waals surface area contributed by atoms with Gasteiger partial charge >= 0.3 is 0 Å². The molecule has 2 aromatic rings. The van der Waals surface area contributed by atoms with Crippen LogP contribution in [0.3, 0.4) is 0 Å². The van der Waals surface area contributed by atoms with Gasteiger partial charge in [0.25, 0.3) is 0 Å². The van der Waals surface area contributed by atoms with Crippen LogP contribution in [0.5, 0.6) is 0 Å². The van der Waals surface area contributed by atoms with Gasteiger partial charge in [-0.25, -0.2) is 9.07 Å². The first-order chi connectivity index (χ1) is 8.08. The summed E-state index contributed by atoms with van der Waals surface area (Å²) in [6.07, 6.45) is 0.581. The van der Waals surface area contributed by atoms with Crippen LogP contribution in [-0.4, -0.2) is 9.78 Å². The van der Waals surface area contributed by atoms with E-state index in [0.717, 1.165) is 5.69 Å². The lowest BCUT2D eigenvalue weighted by molar-refractivity contribution is 0.481. The first-order valence-electron chi connectivity index (χ1n) is 5.63. The fourth-order valence-electron chi connectivity index (χ4n) is 1.96. The Kier molecular flexibility index (Phi) is 3.13. The molecule has 0 saturated heterocycles. The number of aromatic nitrogens is 2. The molecule has 1 unspecified atom stereocenters. The van der Waals surface area contributed by atoms with Gasteiger partial charge in [0.05, 0.1) is 11.7 Å². The zero-order valence-electron chi connectivity index (χ0n) is 10.0. The molecule has 0 spiro atoms. The SMILES string of the molecule is Cc1cc(N)n(C(C)Cc2ccccc2F)n1. The number of nitrogens with two attached hydrogens (primary N) is 1. The van der Waals surface area contributed by atoms with Crippen molar-refractivity contribution in [3.63, 3.8) is 0 Å². The molecule has 0 aliphatic rings. The van der Waals surface area contributed by atoms with Crippen LogP contribution in [0.4, 0.5) is 10.2 Å². The molecule has 0 amide bonds. The van der Waals surface area contributed by atoms with E-state index in [4.69, 9.17) is 5.73 Å². The maximum atomic E-state index is 13.5. The number of anilines is 1. The lowest BCUT2D eigenvalue weighted by Gasteiger charge is -2.14. The van der Waals surface area contributed by atoms with Gasteiger partial charge in [0.1, 0.15) is 11.6 Å². The van der Waals surface area contributed by atoms with E-state index in [1.807, 2.05) is 26.0 Å². The van der Waals surface area contributed by atoms with Crippen molar-refractivity contribution in [1.82, 2.24) is 9.78 Å². The number of aryl methyl sites for hydroxylation is 1. The zero-order valence-corrected chi connectivity index (χ0v) is 10.0. The minimum Gasteiger partial charge on any atom is -0.384 e. The maximum Gasteiger partial charge on any atom is 0.126 e. The Morgan fingerprint density at radius 3 is 2.71 bits per heavy atom. The summed E-state index contributed by atoms with van der Waals surface area (Å²) in [5, 5.41) is 4.31. The summed E-state index contributed by atoms with van der Waals surface area (Å²) in [6.45, 7) is 3.87. The van der Waals surface area contributed by atoms with E-state index in [1.54, 1.807) is 16.8 Å². The third kappa shape index (κ3) is 2.46. The molecular formula is C13H16FN3. The lowest BCUT2D eigenvalue weighted by Crippen LogP contribution is -2.13. The van der Waals surface area contributed by atoms with Gasteiger partial charge in [-0.1, -0.05) is 18.2 Å². The molecule has 90 valence electrons. The molecule has 0 fully saturated rings. The van der Waals surface area contributed by atoms with Gasteiger partial charge in [-0.2, -0.15) is 5.10 Å².